The Morgan fingerprint density at radius 1 is 0.971 bits per heavy atom. The summed E-state index contributed by atoms with van der Waals surface area (Å²) in [7, 11) is 0. The SMILES string of the molecule is N#Cc1cccc(SN2CCC(NC(=O)COc3ccc(C(=O)c4ccccc4)cc3)CC2)c1. The number of benzene rings is 3. The van der Waals surface area contributed by atoms with Crippen molar-refractivity contribution in [2.24, 2.45) is 0 Å². The minimum Gasteiger partial charge on any atom is -0.484 e. The Morgan fingerprint density at radius 2 is 1.68 bits per heavy atom. The predicted octanol–water partition coefficient (Wildman–Crippen LogP) is 4.46. The molecular formula is C27H25N3O3S. The van der Waals surface area contributed by atoms with Crippen molar-refractivity contribution in [3.05, 3.63) is 95.6 Å². The molecule has 3 aromatic rings. The molecule has 3 aromatic carbocycles. The highest BCUT2D eigenvalue weighted by Gasteiger charge is 2.21. The largest absolute Gasteiger partial charge is 0.484 e. The fraction of sp³-hybridized carbons (Fsp3) is 0.222. The van der Waals surface area contributed by atoms with E-state index in [1.54, 1.807) is 54.4 Å². The van der Waals surface area contributed by atoms with Crippen LogP contribution in [0.1, 0.15) is 34.3 Å². The van der Waals surface area contributed by atoms with Crippen molar-refractivity contribution < 1.29 is 14.3 Å². The van der Waals surface area contributed by atoms with Crippen LogP contribution in [-0.4, -0.2) is 41.7 Å². The smallest absolute Gasteiger partial charge is 0.258 e. The number of nitrogens with zero attached hydrogens (tertiary/aromatic N) is 2. The van der Waals surface area contributed by atoms with Crippen LogP contribution in [0.4, 0.5) is 0 Å². The zero-order valence-electron chi connectivity index (χ0n) is 18.6. The van der Waals surface area contributed by atoms with Crippen molar-refractivity contribution in [2.45, 2.75) is 23.8 Å². The van der Waals surface area contributed by atoms with E-state index in [0.717, 1.165) is 30.8 Å². The molecule has 1 amide bonds. The van der Waals surface area contributed by atoms with Crippen molar-refractivity contribution in [3.63, 3.8) is 0 Å². The van der Waals surface area contributed by atoms with Crippen LogP contribution in [0.25, 0.3) is 0 Å². The molecule has 0 unspecified atom stereocenters. The third kappa shape index (κ3) is 6.47. The Labute approximate surface area is 203 Å². The van der Waals surface area contributed by atoms with Gasteiger partial charge in [0.15, 0.2) is 12.4 Å². The first-order chi connectivity index (χ1) is 16.6. The minimum atomic E-state index is -0.155. The van der Waals surface area contributed by atoms with E-state index in [4.69, 9.17) is 10.00 Å². The van der Waals surface area contributed by atoms with E-state index in [0.29, 0.717) is 22.4 Å². The normalized spacial score (nSPS) is 14.2. The molecule has 0 saturated carbocycles. The van der Waals surface area contributed by atoms with Gasteiger partial charge in [0.05, 0.1) is 11.6 Å². The third-order valence-corrected chi connectivity index (χ3v) is 6.63. The second-order valence-corrected chi connectivity index (χ2v) is 9.18. The number of amides is 1. The molecule has 0 spiro atoms. The van der Waals surface area contributed by atoms with Crippen LogP contribution in [0.3, 0.4) is 0 Å². The lowest BCUT2D eigenvalue weighted by Gasteiger charge is -2.31. The van der Waals surface area contributed by atoms with Gasteiger partial charge >= 0.3 is 0 Å². The van der Waals surface area contributed by atoms with Gasteiger partial charge in [-0.2, -0.15) is 5.26 Å². The van der Waals surface area contributed by atoms with Gasteiger partial charge in [-0.3, -0.25) is 9.59 Å². The number of carbonyl (C=O) groups excluding carboxylic acids is 2. The molecule has 0 bridgehead atoms. The zero-order valence-corrected chi connectivity index (χ0v) is 19.5. The number of ketones is 1. The first-order valence-corrected chi connectivity index (χ1v) is 11.9. The zero-order chi connectivity index (χ0) is 23.8. The lowest BCUT2D eigenvalue weighted by molar-refractivity contribution is -0.124. The average Bonchev–Trinajstić information content (AvgIpc) is 2.89. The maximum absolute atomic E-state index is 12.5. The molecule has 4 rings (SSSR count). The van der Waals surface area contributed by atoms with Gasteiger partial charge in [0.1, 0.15) is 5.75 Å². The Balaban J connectivity index is 1.19. The molecule has 1 saturated heterocycles. The van der Waals surface area contributed by atoms with Crippen LogP contribution in [0, 0.1) is 11.3 Å². The van der Waals surface area contributed by atoms with E-state index in [-0.39, 0.29) is 24.3 Å². The molecule has 34 heavy (non-hydrogen) atoms. The van der Waals surface area contributed by atoms with Crippen LogP contribution >= 0.6 is 11.9 Å². The fourth-order valence-electron chi connectivity index (χ4n) is 3.74. The van der Waals surface area contributed by atoms with Gasteiger partial charge < -0.3 is 10.1 Å². The number of rotatable bonds is 8. The summed E-state index contributed by atoms with van der Waals surface area (Å²) in [6, 6.07) is 25.8. The third-order valence-electron chi connectivity index (χ3n) is 5.54. The van der Waals surface area contributed by atoms with E-state index in [9.17, 15) is 9.59 Å². The van der Waals surface area contributed by atoms with Gasteiger partial charge in [-0.05, 0) is 67.3 Å². The fourth-order valence-corrected chi connectivity index (χ4v) is 4.75. The lowest BCUT2D eigenvalue weighted by atomic mass is 10.0. The monoisotopic (exact) mass is 471 g/mol. The highest BCUT2D eigenvalue weighted by molar-refractivity contribution is 7.97. The molecule has 1 N–H and O–H groups in total. The average molecular weight is 472 g/mol. The molecule has 1 fully saturated rings. The van der Waals surface area contributed by atoms with Crippen LogP contribution in [0.5, 0.6) is 5.75 Å². The topological polar surface area (TPSA) is 82.4 Å². The van der Waals surface area contributed by atoms with Crippen molar-refractivity contribution in [3.8, 4) is 11.8 Å². The summed E-state index contributed by atoms with van der Waals surface area (Å²) < 4.78 is 7.87. The number of nitrogens with one attached hydrogen (secondary N) is 1. The van der Waals surface area contributed by atoms with Gasteiger partial charge in [0.2, 0.25) is 0 Å². The Bertz CT molecular complexity index is 1170. The molecule has 172 valence electrons. The molecule has 1 aliphatic rings. The van der Waals surface area contributed by atoms with Gasteiger partial charge in [-0.1, -0.05) is 36.4 Å². The predicted molar refractivity (Wildman–Crippen MR) is 132 cm³/mol. The first kappa shape index (κ1) is 23.6. The maximum atomic E-state index is 12.5. The number of hydrogen-bond donors (Lipinski definition) is 1. The highest BCUT2D eigenvalue weighted by atomic mass is 32.2. The van der Waals surface area contributed by atoms with Gasteiger partial charge in [-0.25, -0.2) is 4.31 Å². The Morgan fingerprint density at radius 3 is 2.38 bits per heavy atom. The minimum absolute atomic E-state index is 0.0489. The molecule has 0 aromatic heterocycles. The summed E-state index contributed by atoms with van der Waals surface area (Å²) in [5.41, 5.74) is 1.87. The summed E-state index contributed by atoms with van der Waals surface area (Å²) >= 11 is 1.64. The van der Waals surface area contributed by atoms with Crippen LogP contribution in [0.15, 0.2) is 83.8 Å². The number of carbonyl (C=O) groups is 2. The summed E-state index contributed by atoms with van der Waals surface area (Å²) in [5.74, 6) is 0.343. The quantitative estimate of drug-likeness (QED) is 0.386. The van der Waals surface area contributed by atoms with Crippen molar-refractivity contribution in [1.82, 2.24) is 9.62 Å². The summed E-state index contributed by atoms with van der Waals surface area (Å²) in [6.07, 6.45) is 1.71. The molecule has 0 atom stereocenters. The van der Waals surface area contributed by atoms with Gasteiger partial charge in [0, 0.05) is 35.2 Å². The van der Waals surface area contributed by atoms with Gasteiger partial charge in [0.25, 0.3) is 5.91 Å². The van der Waals surface area contributed by atoms with E-state index < -0.39 is 0 Å². The van der Waals surface area contributed by atoms with Gasteiger partial charge in [-0.15, -0.1) is 0 Å². The number of nitriles is 1. The van der Waals surface area contributed by atoms with E-state index in [1.807, 2.05) is 36.4 Å². The van der Waals surface area contributed by atoms with Crippen molar-refractivity contribution in [2.75, 3.05) is 19.7 Å². The Kier molecular flexibility index (Phi) is 7.97. The summed E-state index contributed by atoms with van der Waals surface area (Å²) in [6.45, 7) is 1.64. The molecule has 6 nitrogen and oxygen atoms in total. The maximum Gasteiger partial charge on any atom is 0.258 e. The first-order valence-electron chi connectivity index (χ1n) is 11.2. The molecule has 1 aliphatic heterocycles. The molecular weight excluding hydrogens is 446 g/mol. The lowest BCUT2D eigenvalue weighted by Crippen LogP contribution is -2.44. The second kappa shape index (κ2) is 11.5. The van der Waals surface area contributed by atoms with E-state index >= 15 is 0 Å². The standard InChI is InChI=1S/C27H25N3O3S/c28-18-20-5-4-8-25(17-20)34-30-15-13-23(14-16-30)29-26(31)19-33-24-11-9-22(10-12-24)27(32)21-6-2-1-3-7-21/h1-12,17,23H,13-16,19H2,(H,29,31). The summed E-state index contributed by atoms with van der Waals surface area (Å²) in [4.78, 5) is 25.9. The second-order valence-electron chi connectivity index (χ2n) is 8.01. The van der Waals surface area contributed by atoms with E-state index in [1.165, 1.54) is 0 Å². The molecule has 0 radical (unpaired) electrons. The Hall–Kier alpha value is -3.60. The molecule has 7 heteroatoms. The number of piperidine rings is 1. The van der Waals surface area contributed by atoms with Crippen LogP contribution in [0.2, 0.25) is 0 Å². The summed E-state index contributed by atoms with van der Waals surface area (Å²) in [5, 5.41) is 12.1. The van der Waals surface area contributed by atoms with Crippen LogP contribution < -0.4 is 10.1 Å². The number of hydrogen-bond acceptors (Lipinski definition) is 6. The van der Waals surface area contributed by atoms with Crippen molar-refractivity contribution in [1.29, 1.82) is 5.26 Å². The van der Waals surface area contributed by atoms with Crippen molar-refractivity contribution >= 4 is 23.6 Å². The molecule has 0 aliphatic carbocycles. The van der Waals surface area contributed by atoms with Crippen LogP contribution in [-0.2, 0) is 4.79 Å². The highest BCUT2D eigenvalue weighted by Crippen LogP contribution is 2.27. The molecule has 1 heterocycles. The van der Waals surface area contributed by atoms with E-state index in [2.05, 4.69) is 15.7 Å². The number of ether oxygens (including phenoxy) is 1.